The summed E-state index contributed by atoms with van der Waals surface area (Å²) in [7, 11) is 0. The number of nitrogens with one attached hydrogen (secondary N) is 1. The Kier molecular flexibility index (Phi) is 3.41. The van der Waals surface area contributed by atoms with Gasteiger partial charge in [0, 0.05) is 18.9 Å². The topological polar surface area (TPSA) is 68.0 Å². The van der Waals surface area contributed by atoms with E-state index in [1.54, 1.807) is 24.4 Å². The molecule has 5 heteroatoms. The molecule has 3 rings (SSSR count). The Hall–Kier alpha value is -2.69. The van der Waals surface area contributed by atoms with Gasteiger partial charge in [-0.3, -0.25) is 4.98 Å². The molecular weight excluding hydrogens is 254 g/mol. The summed E-state index contributed by atoms with van der Waals surface area (Å²) in [4.78, 5) is 20.1. The van der Waals surface area contributed by atoms with Crippen molar-refractivity contribution in [3.05, 3.63) is 64.8 Å². The van der Waals surface area contributed by atoms with Crippen LogP contribution in [0.25, 0.3) is 10.9 Å². The molecule has 0 unspecified atom stereocenters. The Morgan fingerprint density at radius 1 is 1.15 bits per heavy atom. The molecule has 0 saturated carbocycles. The molecule has 0 saturated heterocycles. The zero-order valence-electron chi connectivity index (χ0n) is 10.7. The van der Waals surface area contributed by atoms with Gasteiger partial charge < -0.3 is 9.73 Å². The average Bonchev–Trinajstić information content (AvgIpc) is 2.48. The number of benzene rings is 1. The van der Waals surface area contributed by atoms with Crippen molar-refractivity contribution < 1.29 is 4.42 Å². The molecule has 2 heterocycles. The number of hydrogen-bond acceptors (Lipinski definition) is 5. The highest BCUT2D eigenvalue weighted by Gasteiger charge is 2.04. The predicted octanol–water partition coefficient (Wildman–Crippen LogP) is 2.24. The lowest BCUT2D eigenvalue weighted by molar-refractivity contribution is 0.516. The average molecular weight is 267 g/mol. The fraction of sp³-hybridized carbons (Fsp3) is 0.133. The Bertz CT molecular complexity index is 769. The van der Waals surface area contributed by atoms with Crippen LogP contribution >= 0.6 is 0 Å². The molecule has 3 aromatic rings. The van der Waals surface area contributed by atoms with Crippen LogP contribution < -0.4 is 10.9 Å². The summed E-state index contributed by atoms with van der Waals surface area (Å²) in [5.74, 6) is 0. The molecule has 20 heavy (non-hydrogen) atoms. The summed E-state index contributed by atoms with van der Waals surface area (Å²) in [5.41, 5.74) is 1.37. The number of pyridine rings is 1. The molecule has 1 N–H and O–H groups in total. The van der Waals surface area contributed by atoms with E-state index in [9.17, 15) is 4.79 Å². The number of fused-ring (bicyclic) bond motifs is 1. The number of nitrogens with zero attached hydrogens (tertiary/aromatic N) is 2. The molecule has 0 radical (unpaired) electrons. The highest BCUT2D eigenvalue weighted by Crippen LogP contribution is 2.10. The molecule has 100 valence electrons. The largest absolute Gasteiger partial charge is 0.389 e. The first-order valence-electron chi connectivity index (χ1n) is 6.35. The molecule has 0 aliphatic carbocycles. The van der Waals surface area contributed by atoms with Crippen molar-refractivity contribution in [2.24, 2.45) is 0 Å². The van der Waals surface area contributed by atoms with Crippen molar-refractivity contribution in [3.8, 4) is 0 Å². The standard InChI is InChI=1S/C15H13N3O2/c19-14-12-5-1-2-6-13(12)18-15(20-14)17-9-7-11-4-3-8-16-10-11/h1-6,8,10H,7,9H2,(H,17,18). The van der Waals surface area contributed by atoms with Crippen molar-refractivity contribution in [2.45, 2.75) is 6.42 Å². The summed E-state index contributed by atoms with van der Waals surface area (Å²) in [6.45, 7) is 0.625. The van der Waals surface area contributed by atoms with E-state index in [4.69, 9.17) is 4.42 Å². The molecule has 0 spiro atoms. The number of anilines is 1. The van der Waals surface area contributed by atoms with Gasteiger partial charge in [0.25, 0.3) is 6.01 Å². The van der Waals surface area contributed by atoms with E-state index in [2.05, 4.69) is 15.3 Å². The number of rotatable bonds is 4. The van der Waals surface area contributed by atoms with E-state index in [0.29, 0.717) is 17.4 Å². The van der Waals surface area contributed by atoms with Crippen molar-refractivity contribution in [3.63, 3.8) is 0 Å². The van der Waals surface area contributed by atoms with Gasteiger partial charge in [-0.15, -0.1) is 0 Å². The van der Waals surface area contributed by atoms with E-state index in [0.717, 1.165) is 12.0 Å². The van der Waals surface area contributed by atoms with Crippen LogP contribution in [-0.4, -0.2) is 16.5 Å². The van der Waals surface area contributed by atoms with Crippen LogP contribution in [0.1, 0.15) is 5.56 Å². The number of hydrogen-bond donors (Lipinski definition) is 1. The van der Waals surface area contributed by atoms with Gasteiger partial charge in [-0.1, -0.05) is 18.2 Å². The smallest absolute Gasteiger partial charge is 0.348 e. The maximum atomic E-state index is 11.8. The maximum absolute atomic E-state index is 11.8. The zero-order chi connectivity index (χ0) is 13.8. The van der Waals surface area contributed by atoms with E-state index in [-0.39, 0.29) is 11.6 Å². The molecule has 0 amide bonds. The van der Waals surface area contributed by atoms with Gasteiger partial charge in [0.15, 0.2) is 0 Å². The monoisotopic (exact) mass is 267 g/mol. The summed E-state index contributed by atoms with van der Waals surface area (Å²) >= 11 is 0. The van der Waals surface area contributed by atoms with Crippen LogP contribution in [0, 0.1) is 0 Å². The van der Waals surface area contributed by atoms with Crippen LogP contribution in [0.5, 0.6) is 0 Å². The Morgan fingerprint density at radius 3 is 2.90 bits per heavy atom. The highest BCUT2D eigenvalue weighted by atomic mass is 16.4. The minimum absolute atomic E-state index is 0.248. The third-order valence-corrected chi connectivity index (χ3v) is 2.95. The van der Waals surface area contributed by atoms with Gasteiger partial charge in [0.05, 0.1) is 10.9 Å². The van der Waals surface area contributed by atoms with Crippen molar-refractivity contribution in [2.75, 3.05) is 11.9 Å². The van der Waals surface area contributed by atoms with E-state index >= 15 is 0 Å². The third kappa shape index (κ3) is 2.66. The maximum Gasteiger partial charge on any atom is 0.348 e. The summed E-state index contributed by atoms with van der Waals surface area (Å²) in [6, 6.07) is 11.3. The molecule has 0 aliphatic heterocycles. The molecule has 2 aromatic heterocycles. The lowest BCUT2D eigenvalue weighted by atomic mass is 10.2. The molecule has 1 aromatic carbocycles. The second-order valence-corrected chi connectivity index (χ2v) is 4.36. The third-order valence-electron chi connectivity index (χ3n) is 2.95. The molecular formula is C15H13N3O2. The number of para-hydroxylation sites is 1. The van der Waals surface area contributed by atoms with Crippen LogP contribution in [0.15, 0.2) is 58.0 Å². The van der Waals surface area contributed by atoms with Crippen LogP contribution in [0.4, 0.5) is 6.01 Å². The fourth-order valence-corrected chi connectivity index (χ4v) is 1.95. The second-order valence-electron chi connectivity index (χ2n) is 4.36. The van der Waals surface area contributed by atoms with Gasteiger partial charge >= 0.3 is 5.63 Å². The minimum atomic E-state index is -0.375. The molecule has 0 atom stereocenters. The van der Waals surface area contributed by atoms with Crippen molar-refractivity contribution in [1.29, 1.82) is 0 Å². The van der Waals surface area contributed by atoms with Crippen LogP contribution in [0.3, 0.4) is 0 Å². The predicted molar refractivity (Wildman–Crippen MR) is 76.7 cm³/mol. The van der Waals surface area contributed by atoms with E-state index in [1.165, 1.54) is 0 Å². The first-order chi connectivity index (χ1) is 9.83. The minimum Gasteiger partial charge on any atom is -0.389 e. The van der Waals surface area contributed by atoms with Gasteiger partial charge in [0.1, 0.15) is 0 Å². The van der Waals surface area contributed by atoms with Crippen molar-refractivity contribution in [1.82, 2.24) is 9.97 Å². The molecule has 5 nitrogen and oxygen atoms in total. The van der Waals surface area contributed by atoms with E-state index < -0.39 is 0 Å². The normalized spacial score (nSPS) is 10.6. The van der Waals surface area contributed by atoms with Gasteiger partial charge in [0.2, 0.25) is 0 Å². The Morgan fingerprint density at radius 2 is 2.05 bits per heavy atom. The van der Waals surface area contributed by atoms with E-state index in [1.807, 2.05) is 24.4 Å². The summed E-state index contributed by atoms with van der Waals surface area (Å²) in [6.07, 6.45) is 4.33. The molecule has 0 bridgehead atoms. The van der Waals surface area contributed by atoms with Gasteiger partial charge in [-0.2, -0.15) is 4.98 Å². The Balaban J connectivity index is 1.73. The summed E-state index contributed by atoms with van der Waals surface area (Å²) < 4.78 is 5.14. The van der Waals surface area contributed by atoms with Gasteiger partial charge in [-0.25, -0.2) is 4.79 Å². The molecule has 0 aliphatic rings. The number of aromatic nitrogens is 2. The van der Waals surface area contributed by atoms with Crippen molar-refractivity contribution >= 4 is 16.9 Å². The fourth-order valence-electron chi connectivity index (χ4n) is 1.95. The van der Waals surface area contributed by atoms with Crippen LogP contribution in [-0.2, 0) is 6.42 Å². The first-order valence-corrected chi connectivity index (χ1v) is 6.35. The lowest BCUT2D eigenvalue weighted by Gasteiger charge is -2.04. The highest BCUT2D eigenvalue weighted by molar-refractivity contribution is 5.77. The lowest BCUT2D eigenvalue weighted by Crippen LogP contribution is -2.10. The zero-order valence-corrected chi connectivity index (χ0v) is 10.7. The Labute approximate surface area is 115 Å². The summed E-state index contributed by atoms with van der Waals surface area (Å²) in [5, 5.41) is 3.51. The molecule has 0 fully saturated rings. The SMILES string of the molecule is O=c1oc(NCCc2cccnc2)nc2ccccc12. The van der Waals surface area contributed by atoms with Crippen LogP contribution in [0.2, 0.25) is 0 Å². The first kappa shape index (κ1) is 12.3. The quantitative estimate of drug-likeness (QED) is 0.785. The van der Waals surface area contributed by atoms with Gasteiger partial charge in [-0.05, 0) is 30.2 Å². The second kappa shape index (κ2) is 5.52.